The molecule has 0 aliphatic rings. The molecular formula is C36H48N6O11S2. The number of nitrogens with one attached hydrogen (secondary N) is 4. The predicted octanol–water partition coefficient (Wildman–Crippen LogP) is 3.95. The van der Waals surface area contributed by atoms with Crippen LogP contribution in [0, 0.1) is 10.8 Å². The fourth-order valence-corrected chi connectivity index (χ4v) is 4.25. The number of ether oxygens (including phenoxy) is 2. The zero-order valence-electron chi connectivity index (χ0n) is 29.9. The molecule has 0 aromatic heterocycles. The Hall–Kier alpha value is -5.57. The summed E-state index contributed by atoms with van der Waals surface area (Å²) in [5.41, 5.74) is 13.8. The molecule has 17 nitrogen and oxygen atoms in total. The number of aliphatic hydroxyl groups excluding tert-OH is 2. The summed E-state index contributed by atoms with van der Waals surface area (Å²) >= 11 is 0. The number of aliphatic hydroxyl groups is 2. The third-order valence-electron chi connectivity index (χ3n) is 6.42. The number of carbonyl (C=O) groups is 1. The monoisotopic (exact) mass is 804 g/mol. The van der Waals surface area contributed by atoms with Crippen LogP contribution in [0.15, 0.2) is 109 Å². The fraction of sp³-hybridized carbons (Fsp3) is 0.250. The largest absolute Gasteiger partial charge is 0.494 e. The Balaban J connectivity index is 0.000000427. The van der Waals surface area contributed by atoms with Crippen LogP contribution in [0.4, 0.5) is 16.2 Å². The van der Waals surface area contributed by atoms with Crippen molar-refractivity contribution in [3.05, 3.63) is 120 Å². The number of anilines is 2. The van der Waals surface area contributed by atoms with Crippen LogP contribution in [-0.4, -0.2) is 91.8 Å². The average molecular weight is 805 g/mol. The Morgan fingerprint density at radius 2 is 0.891 bits per heavy atom. The summed E-state index contributed by atoms with van der Waals surface area (Å²) in [6.45, 7) is 0.233. The van der Waals surface area contributed by atoms with Crippen LogP contribution < -0.4 is 31.6 Å². The van der Waals surface area contributed by atoms with Crippen molar-refractivity contribution < 1.29 is 50.4 Å². The second-order valence-corrected chi connectivity index (χ2v) is 14.1. The molecule has 0 radical (unpaired) electrons. The Kier molecular flexibility index (Phi) is 22.6. The highest BCUT2D eigenvalue weighted by Crippen LogP contribution is 2.14. The van der Waals surface area contributed by atoms with Gasteiger partial charge in [-0.3, -0.25) is 19.9 Å². The number of hydrogen-bond acceptors (Lipinski definition) is 11. The van der Waals surface area contributed by atoms with Crippen molar-refractivity contribution in [3.63, 3.8) is 0 Å². The van der Waals surface area contributed by atoms with Crippen molar-refractivity contribution >= 4 is 49.3 Å². The van der Waals surface area contributed by atoms with Crippen molar-refractivity contribution in [2.45, 2.75) is 19.3 Å². The SMILES string of the molecule is N=C(N)c1ccc(OCCCCCOc2ccc(C(=N)N)cc2)cc1.O=C(Nc1ccccc1)Nc1ccccc1.O=S(=O)(O)CCO.O=S(=O)(O)CCO. The lowest BCUT2D eigenvalue weighted by Gasteiger charge is -2.08. The van der Waals surface area contributed by atoms with E-state index in [4.69, 9.17) is 51.1 Å². The van der Waals surface area contributed by atoms with Crippen molar-refractivity contribution in [1.29, 1.82) is 10.8 Å². The number of amides is 2. The molecule has 4 rings (SSSR count). The smallest absolute Gasteiger partial charge is 0.323 e. The first-order valence-electron chi connectivity index (χ1n) is 16.5. The second-order valence-electron chi connectivity index (χ2n) is 11.0. The minimum Gasteiger partial charge on any atom is -0.494 e. The van der Waals surface area contributed by atoms with E-state index in [1.807, 2.05) is 84.9 Å². The van der Waals surface area contributed by atoms with E-state index in [1.165, 1.54) is 0 Å². The molecule has 12 N–H and O–H groups in total. The number of para-hydroxylation sites is 2. The number of carbonyl (C=O) groups excluding carboxylic acids is 1. The maximum Gasteiger partial charge on any atom is 0.323 e. The average Bonchev–Trinajstić information content (AvgIpc) is 3.12. The Morgan fingerprint density at radius 1 is 0.564 bits per heavy atom. The van der Waals surface area contributed by atoms with Crippen LogP contribution in [0.5, 0.6) is 11.5 Å². The molecule has 0 saturated carbocycles. The van der Waals surface area contributed by atoms with Crippen molar-refractivity contribution in [2.24, 2.45) is 11.5 Å². The molecule has 4 aromatic carbocycles. The van der Waals surface area contributed by atoms with Gasteiger partial charge in [0.2, 0.25) is 0 Å². The summed E-state index contributed by atoms with van der Waals surface area (Å²) in [5.74, 6) is 0.531. The van der Waals surface area contributed by atoms with E-state index in [2.05, 4.69) is 10.6 Å². The number of unbranched alkanes of at least 4 members (excludes halogenated alkanes) is 2. The number of nitrogen functional groups attached to an aromatic ring is 2. The number of hydrogen-bond donors (Lipinski definition) is 10. The van der Waals surface area contributed by atoms with E-state index in [0.29, 0.717) is 24.3 Å². The Labute approximate surface area is 320 Å². The van der Waals surface area contributed by atoms with E-state index in [1.54, 1.807) is 24.3 Å². The predicted molar refractivity (Wildman–Crippen MR) is 212 cm³/mol. The lowest BCUT2D eigenvalue weighted by Crippen LogP contribution is -2.19. The lowest BCUT2D eigenvalue weighted by atomic mass is 10.2. The van der Waals surface area contributed by atoms with Crippen LogP contribution in [-0.2, 0) is 20.2 Å². The van der Waals surface area contributed by atoms with E-state index < -0.39 is 45.0 Å². The van der Waals surface area contributed by atoms with Gasteiger partial charge in [0.25, 0.3) is 20.2 Å². The molecule has 0 aliphatic heterocycles. The lowest BCUT2D eigenvalue weighted by molar-refractivity contribution is 0.262. The van der Waals surface area contributed by atoms with Gasteiger partial charge in [0, 0.05) is 22.5 Å². The standard InChI is InChI=1S/C19H24N4O2.C13H12N2O.2C2H6O4S/c20-18(21)14-4-8-16(9-5-14)24-12-2-1-3-13-25-17-10-6-15(7-11-17)19(22)23;16-13(14-11-7-3-1-4-8-11)15-12-9-5-2-6-10-12;2*3-1-2-7(4,5)6/h4-11H,1-3,12-13H2,(H3,20,21)(H3,22,23);1-10H,(H2,14,15,16);2*3H,1-2H2,(H,4,5,6). The number of rotatable bonds is 16. The molecule has 300 valence electrons. The number of benzene rings is 4. The molecular weight excluding hydrogens is 757 g/mol. The van der Waals surface area contributed by atoms with Crippen LogP contribution in [0.1, 0.15) is 30.4 Å². The zero-order valence-corrected chi connectivity index (χ0v) is 31.5. The maximum atomic E-state index is 11.6. The molecule has 0 spiro atoms. The molecule has 2 amide bonds. The van der Waals surface area contributed by atoms with Crippen LogP contribution in [0.2, 0.25) is 0 Å². The molecule has 0 fully saturated rings. The molecule has 0 atom stereocenters. The Morgan fingerprint density at radius 3 is 1.15 bits per heavy atom. The van der Waals surface area contributed by atoms with Gasteiger partial charge in [-0.15, -0.1) is 0 Å². The third-order valence-corrected chi connectivity index (χ3v) is 7.82. The highest BCUT2D eigenvalue weighted by Gasteiger charge is 2.03. The highest BCUT2D eigenvalue weighted by molar-refractivity contribution is 7.86. The molecule has 19 heteroatoms. The second kappa shape index (κ2) is 26.2. The summed E-state index contributed by atoms with van der Waals surface area (Å²) in [6.07, 6.45) is 2.90. The van der Waals surface area contributed by atoms with Gasteiger partial charge in [0.05, 0.1) is 37.9 Å². The van der Waals surface area contributed by atoms with Crippen molar-refractivity contribution in [3.8, 4) is 11.5 Å². The molecule has 4 aromatic rings. The number of nitrogens with two attached hydrogens (primary N) is 2. The number of amidine groups is 2. The topological polar surface area (TPSA) is 309 Å². The van der Waals surface area contributed by atoms with Crippen LogP contribution in [0.3, 0.4) is 0 Å². The fourth-order valence-electron chi connectivity index (χ4n) is 3.79. The molecule has 0 aliphatic carbocycles. The zero-order chi connectivity index (χ0) is 41.1. The third kappa shape index (κ3) is 25.1. The molecule has 0 unspecified atom stereocenters. The van der Waals surface area contributed by atoms with Gasteiger partial charge in [-0.25, -0.2) is 4.79 Å². The minimum atomic E-state index is -3.92. The normalized spacial score (nSPS) is 10.4. The maximum absolute atomic E-state index is 11.6. The Bertz CT molecular complexity index is 1780. The van der Waals surface area contributed by atoms with Crippen LogP contribution >= 0.6 is 0 Å². The summed E-state index contributed by atoms with van der Waals surface area (Å²) in [7, 11) is -7.85. The molecule has 0 bridgehead atoms. The van der Waals surface area contributed by atoms with E-state index >= 15 is 0 Å². The highest BCUT2D eigenvalue weighted by atomic mass is 32.2. The molecule has 55 heavy (non-hydrogen) atoms. The minimum absolute atomic E-state index is 0.0579. The summed E-state index contributed by atoms with van der Waals surface area (Å²) < 4.78 is 65.5. The quantitative estimate of drug-likeness (QED) is 0.0333. The summed E-state index contributed by atoms with van der Waals surface area (Å²) in [5, 5.41) is 35.9. The molecule has 0 saturated heterocycles. The van der Waals surface area contributed by atoms with E-state index in [0.717, 1.165) is 42.1 Å². The molecule has 0 heterocycles. The van der Waals surface area contributed by atoms with Gasteiger partial charge in [-0.05, 0) is 92.1 Å². The number of urea groups is 1. The van der Waals surface area contributed by atoms with Crippen molar-refractivity contribution in [1.82, 2.24) is 0 Å². The van der Waals surface area contributed by atoms with Gasteiger partial charge in [0.15, 0.2) is 0 Å². The summed E-state index contributed by atoms with van der Waals surface area (Å²) in [4.78, 5) is 11.6. The first-order chi connectivity index (χ1) is 26.0. The van der Waals surface area contributed by atoms with Gasteiger partial charge in [0.1, 0.15) is 23.2 Å². The van der Waals surface area contributed by atoms with E-state index in [-0.39, 0.29) is 17.7 Å². The first-order valence-corrected chi connectivity index (χ1v) is 19.7. The van der Waals surface area contributed by atoms with Gasteiger partial charge in [-0.1, -0.05) is 36.4 Å². The van der Waals surface area contributed by atoms with Crippen LogP contribution in [0.25, 0.3) is 0 Å². The van der Waals surface area contributed by atoms with E-state index in [9.17, 15) is 21.6 Å². The van der Waals surface area contributed by atoms with Gasteiger partial charge in [-0.2, -0.15) is 16.8 Å². The van der Waals surface area contributed by atoms with Gasteiger partial charge < -0.3 is 41.8 Å². The summed E-state index contributed by atoms with van der Waals surface area (Å²) in [6, 6.07) is 32.8. The van der Waals surface area contributed by atoms with Gasteiger partial charge >= 0.3 is 6.03 Å². The van der Waals surface area contributed by atoms with Crippen molar-refractivity contribution in [2.75, 3.05) is 48.6 Å². The first kappa shape index (κ1) is 47.5.